The molecule has 10 nitrogen and oxygen atoms in total. The second-order valence-electron chi connectivity index (χ2n) is 7.85. The minimum atomic E-state index is -0.286. The van der Waals surface area contributed by atoms with E-state index in [9.17, 15) is 9.59 Å². The Balaban J connectivity index is 1.49. The second kappa shape index (κ2) is 10.2. The normalized spacial score (nSPS) is 10.7. The summed E-state index contributed by atoms with van der Waals surface area (Å²) >= 11 is 0. The largest absolute Gasteiger partial charge is 0.494 e. The van der Waals surface area contributed by atoms with Crippen molar-refractivity contribution in [3.63, 3.8) is 0 Å². The number of aromatic nitrogens is 4. The minimum Gasteiger partial charge on any atom is -0.494 e. The van der Waals surface area contributed by atoms with Gasteiger partial charge in [0.05, 0.1) is 25.6 Å². The molecule has 4 rings (SSSR count). The molecule has 10 heteroatoms. The average molecular weight is 475 g/mol. The van der Waals surface area contributed by atoms with Gasteiger partial charge in [-0.15, -0.1) is 0 Å². The van der Waals surface area contributed by atoms with Crippen LogP contribution in [-0.4, -0.2) is 45.6 Å². The number of benzene rings is 2. The highest BCUT2D eigenvalue weighted by atomic mass is 16.5. The molecule has 0 radical (unpaired) electrons. The van der Waals surface area contributed by atoms with Crippen molar-refractivity contribution in [2.75, 3.05) is 24.9 Å². The molecule has 4 aromatic rings. The van der Waals surface area contributed by atoms with Crippen LogP contribution in [0.3, 0.4) is 0 Å². The number of anilines is 2. The molecule has 2 aromatic carbocycles. The first-order chi connectivity index (χ1) is 16.9. The van der Waals surface area contributed by atoms with Gasteiger partial charge in [0.1, 0.15) is 17.8 Å². The van der Waals surface area contributed by atoms with E-state index in [1.807, 2.05) is 19.9 Å². The number of carbonyl (C=O) groups excluding carboxylic acids is 2. The first-order valence-electron chi connectivity index (χ1n) is 11.0. The fraction of sp³-hybridized carbons (Fsp3) is 0.240. The van der Waals surface area contributed by atoms with E-state index in [2.05, 4.69) is 25.7 Å². The number of fused-ring (bicyclic) bond motifs is 1. The molecule has 180 valence electrons. The molecule has 0 atom stereocenters. The fourth-order valence-corrected chi connectivity index (χ4v) is 3.85. The molecule has 35 heavy (non-hydrogen) atoms. The molecule has 2 heterocycles. The number of nitrogens with zero attached hydrogens (tertiary/aromatic N) is 4. The Bertz CT molecular complexity index is 1380. The fourth-order valence-electron chi connectivity index (χ4n) is 3.85. The Morgan fingerprint density at radius 3 is 2.29 bits per heavy atom. The van der Waals surface area contributed by atoms with Gasteiger partial charge in [0.25, 0.3) is 11.7 Å². The van der Waals surface area contributed by atoms with Crippen LogP contribution in [0.15, 0.2) is 48.8 Å². The van der Waals surface area contributed by atoms with Crippen molar-refractivity contribution in [2.45, 2.75) is 26.7 Å². The van der Waals surface area contributed by atoms with E-state index in [0.717, 1.165) is 17.0 Å². The van der Waals surface area contributed by atoms with Crippen molar-refractivity contribution in [3.05, 3.63) is 71.3 Å². The molecule has 0 spiro atoms. The third-order valence-corrected chi connectivity index (χ3v) is 5.67. The van der Waals surface area contributed by atoms with Crippen LogP contribution in [0.4, 0.5) is 11.4 Å². The van der Waals surface area contributed by atoms with Gasteiger partial charge in [0.2, 0.25) is 5.91 Å². The first-order valence-corrected chi connectivity index (χ1v) is 11.0. The third-order valence-electron chi connectivity index (χ3n) is 5.67. The van der Waals surface area contributed by atoms with Gasteiger partial charge in [-0.05, 0) is 38.0 Å². The van der Waals surface area contributed by atoms with Crippen molar-refractivity contribution in [1.29, 1.82) is 0 Å². The Hall–Kier alpha value is -4.47. The molecule has 0 aliphatic rings. The number of carbonyl (C=O) groups is 2. The van der Waals surface area contributed by atoms with Gasteiger partial charge in [-0.1, -0.05) is 18.2 Å². The zero-order valence-electron chi connectivity index (χ0n) is 20.0. The highest BCUT2D eigenvalue weighted by Gasteiger charge is 2.17. The topological polar surface area (TPSA) is 120 Å². The summed E-state index contributed by atoms with van der Waals surface area (Å²) in [6, 6.07) is 12.1. The van der Waals surface area contributed by atoms with Crippen LogP contribution < -0.4 is 20.1 Å². The average Bonchev–Trinajstić information content (AvgIpc) is 3.33. The lowest BCUT2D eigenvalue weighted by molar-refractivity contribution is -0.116. The number of methoxy groups -OCH3 is 2. The zero-order chi connectivity index (χ0) is 24.9. The molecular formula is C25H26N6O4. The molecule has 2 amide bonds. The van der Waals surface area contributed by atoms with Crippen LogP contribution >= 0.6 is 0 Å². The maximum atomic E-state index is 12.8. The highest BCUT2D eigenvalue weighted by Crippen LogP contribution is 2.36. The Morgan fingerprint density at radius 1 is 0.971 bits per heavy atom. The lowest BCUT2D eigenvalue weighted by atomic mass is 10.1. The van der Waals surface area contributed by atoms with Crippen molar-refractivity contribution >= 4 is 29.0 Å². The molecule has 0 aliphatic carbocycles. The Kier molecular flexibility index (Phi) is 6.91. The smallest absolute Gasteiger partial charge is 0.255 e. The van der Waals surface area contributed by atoms with Crippen molar-refractivity contribution in [1.82, 2.24) is 19.6 Å². The van der Waals surface area contributed by atoms with E-state index >= 15 is 0 Å². The van der Waals surface area contributed by atoms with Crippen LogP contribution in [0.25, 0.3) is 5.78 Å². The predicted molar refractivity (Wildman–Crippen MR) is 131 cm³/mol. The second-order valence-corrected chi connectivity index (χ2v) is 7.85. The molecule has 0 saturated carbocycles. The Morgan fingerprint density at radius 2 is 1.63 bits per heavy atom. The first kappa shape index (κ1) is 23.7. The van der Waals surface area contributed by atoms with Gasteiger partial charge in [0.15, 0.2) is 0 Å². The summed E-state index contributed by atoms with van der Waals surface area (Å²) in [5, 5.41) is 9.89. The summed E-state index contributed by atoms with van der Waals surface area (Å²) in [5.74, 6) is 0.818. The van der Waals surface area contributed by atoms with Crippen LogP contribution in [0.1, 0.15) is 33.7 Å². The summed E-state index contributed by atoms with van der Waals surface area (Å²) < 4.78 is 12.6. The number of rotatable bonds is 8. The molecule has 0 unspecified atom stereocenters. The van der Waals surface area contributed by atoms with E-state index in [1.54, 1.807) is 40.9 Å². The van der Waals surface area contributed by atoms with Gasteiger partial charge in [-0.25, -0.2) is 9.50 Å². The molecule has 0 saturated heterocycles. The SMILES string of the molecule is COc1cc(NC(=O)c2ccccc2)c(OC)cc1NC(=O)CCc1c(C)nc2ncnn2c1C. The van der Waals surface area contributed by atoms with Gasteiger partial charge in [0, 0.05) is 35.5 Å². The minimum absolute atomic E-state index is 0.205. The molecule has 0 bridgehead atoms. The molecule has 0 fully saturated rings. The lowest BCUT2D eigenvalue weighted by Gasteiger charge is -2.16. The van der Waals surface area contributed by atoms with E-state index in [-0.39, 0.29) is 18.2 Å². The number of hydrogen-bond donors (Lipinski definition) is 2. The summed E-state index contributed by atoms with van der Waals surface area (Å²) in [6.45, 7) is 3.82. The van der Waals surface area contributed by atoms with Crippen LogP contribution in [-0.2, 0) is 11.2 Å². The number of aryl methyl sites for hydroxylation is 2. The van der Waals surface area contributed by atoms with Gasteiger partial charge < -0.3 is 20.1 Å². The van der Waals surface area contributed by atoms with Crippen molar-refractivity contribution in [3.8, 4) is 11.5 Å². The quantitative estimate of drug-likeness (QED) is 0.400. The van der Waals surface area contributed by atoms with E-state index in [1.165, 1.54) is 20.5 Å². The number of hydrogen-bond acceptors (Lipinski definition) is 7. The summed E-state index contributed by atoms with van der Waals surface area (Å²) in [4.78, 5) is 34.0. The maximum Gasteiger partial charge on any atom is 0.255 e. The molecule has 2 aromatic heterocycles. The summed E-state index contributed by atoms with van der Waals surface area (Å²) in [7, 11) is 2.98. The monoisotopic (exact) mass is 474 g/mol. The molecular weight excluding hydrogens is 448 g/mol. The lowest BCUT2D eigenvalue weighted by Crippen LogP contribution is -2.16. The van der Waals surface area contributed by atoms with Gasteiger partial charge in [-0.2, -0.15) is 10.1 Å². The summed E-state index contributed by atoms with van der Waals surface area (Å²) in [5.41, 5.74) is 4.03. The highest BCUT2D eigenvalue weighted by molar-refractivity contribution is 6.05. The van der Waals surface area contributed by atoms with E-state index in [0.29, 0.717) is 40.6 Å². The zero-order valence-corrected chi connectivity index (χ0v) is 20.0. The molecule has 0 aliphatic heterocycles. The number of ether oxygens (including phenoxy) is 2. The van der Waals surface area contributed by atoms with Crippen molar-refractivity contribution < 1.29 is 19.1 Å². The van der Waals surface area contributed by atoms with Crippen LogP contribution in [0.2, 0.25) is 0 Å². The van der Waals surface area contributed by atoms with E-state index < -0.39 is 0 Å². The van der Waals surface area contributed by atoms with Gasteiger partial charge >= 0.3 is 0 Å². The Labute approximate surface area is 202 Å². The third kappa shape index (κ3) is 5.06. The van der Waals surface area contributed by atoms with Gasteiger partial charge in [-0.3, -0.25) is 9.59 Å². The summed E-state index contributed by atoms with van der Waals surface area (Å²) in [6.07, 6.45) is 2.16. The standard InChI is InChI=1S/C25H26N6O4/c1-15-18(16(2)31-25(28-15)26-14-27-31)10-11-23(32)29-19-12-22(35-4)20(13-21(19)34-3)30-24(33)17-8-6-5-7-9-17/h5-9,12-14H,10-11H2,1-4H3,(H,29,32)(H,30,33). The van der Waals surface area contributed by atoms with Crippen molar-refractivity contribution in [2.24, 2.45) is 0 Å². The number of nitrogens with one attached hydrogen (secondary N) is 2. The molecule has 2 N–H and O–H groups in total. The van der Waals surface area contributed by atoms with Crippen LogP contribution in [0, 0.1) is 13.8 Å². The van der Waals surface area contributed by atoms with Crippen LogP contribution in [0.5, 0.6) is 11.5 Å². The maximum absolute atomic E-state index is 12.8. The number of amides is 2. The predicted octanol–water partition coefficient (Wildman–Crippen LogP) is 3.58. The van der Waals surface area contributed by atoms with E-state index in [4.69, 9.17) is 9.47 Å².